The Balaban J connectivity index is 0.00000361. The van der Waals surface area contributed by atoms with Gasteiger partial charge in [-0.05, 0) is 30.7 Å². The van der Waals surface area contributed by atoms with Gasteiger partial charge >= 0.3 is 0 Å². The van der Waals surface area contributed by atoms with E-state index in [1.54, 1.807) is 0 Å². The van der Waals surface area contributed by atoms with Crippen LogP contribution in [0.5, 0.6) is 0 Å². The summed E-state index contributed by atoms with van der Waals surface area (Å²) in [5.41, 5.74) is 2.64. The zero-order valence-corrected chi connectivity index (χ0v) is 14.1. The lowest BCUT2D eigenvalue weighted by molar-refractivity contribution is 0.572. The molecular weight excluding hydrogens is 268 g/mol. The molecule has 0 saturated carbocycles. The molecule has 20 heavy (non-hydrogen) atoms. The summed E-state index contributed by atoms with van der Waals surface area (Å²) in [4.78, 5) is 2.13. The van der Waals surface area contributed by atoms with E-state index < -0.39 is 0 Å². The molecule has 0 fully saturated rings. The van der Waals surface area contributed by atoms with Crippen molar-refractivity contribution in [1.29, 1.82) is 0 Å². The number of unbranched alkanes of at least 4 members (excludes halogenated alkanes) is 5. The van der Waals surface area contributed by atoms with E-state index in [0.717, 1.165) is 13.1 Å². The molecule has 2 nitrogen and oxygen atoms in total. The van der Waals surface area contributed by atoms with Crippen LogP contribution in [0, 0.1) is 0 Å². The molecule has 1 N–H and O–H groups in total. The zero-order chi connectivity index (χ0) is 13.9. The monoisotopic (exact) mass is 298 g/mol. The van der Waals surface area contributed by atoms with Gasteiger partial charge in [-0.3, -0.25) is 0 Å². The number of rotatable bonds is 10. The Hall–Kier alpha value is -0.730. The third-order valence-electron chi connectivity index (χ3n) is 3.49. The van der Waals surface area contributed by atoms with Gasteiger partial charge in [-0.25, -0.2) is 0 Å². The lowest BCUT2D eigenvalue weighted by Gasteiger charge is -2.12. The minimum absolute atomic E-state index is 0. The molecule has 0 aliphatic carbocycles. The molecule has 1 aromatic rings. The van der Waals surface area contributed by atoms with E-state index in [1.807, 2.05) is 0 Å². The fourth-order valence-corrected chi connectivity index (χ4v) is 2.17. The van der Waals surface area contributed by atoms with Crippen LogP contribution in [0.1, 0.15) is 51.0 Å². The maximum absolute atomic E-state index is 3.53. The summed E-state index contributed by atoms with van der Waals surface area (Å²) < 4.78 is 0. The van der Waals surface area contributed by atoms with Gasteiger partial charge in [0.1, 0.15) is 0 Å². The van der Waals surface area contributed by atoms with Crippen molar-refractivity contribution < 1.29 is 0 Å². The molecule has 0 aromatic heterocycles. The van der Waals surface area contributed by atoms with E-state index >= 15 is 0 Å². The molecule has 0 aliphatic rings. The van der Waals surface area contributed by atoms with Crippen molar-refractivity contribution in [1.82, 2.24) is 5.32 Å². The van der Waals surface area contributed by atoms with E-state index in [-0.39, 0.29) is 12.4 Å². The topological polar surface area (TPSA) is 15.3 Å². The van der Waals surface area contributed by atoms with Crippen LogP contribution < -0.4 is 10.2 Å². The molecule has 1 rings (SSSR count). The third-order valence-corrected chi connectivity index (χ3v) is 3.49. The predicted molar refractivity (Wildman–Crippen MR) is 93.1 cm³/mol. The number of hydrogen-bond acceptors (Lipinski definition) is 2. The van der Waals surface area contributed by atoms with Gasteiger partial charge < -0.3 is 10.2 Å². The summed E-state index contributed by atoms with van der Waals surface area (Å²) in [5, 5.41) is 3.53. The lowest BCUT2D eigenvalue weighted by atomic mass is 10.1. The van der Waals surface area contributed by atoms with Crippen molar-refractivity contribution >= 4 is 18.1 Å². The van der Waals surface area contributed by atoms with Crippen molar-refractivity contribution in [2.45, 2.75) is 52.0 Å². The Labute approximate surface area is 131 Å². The second-order valence-corrected chi connectivity index (χ2v) is 5.51. The van der Waals surface area contributed by atoms with Gasteiger partial charge in [-0.2, -0.15) is 0 Å². The number of nitrogens with one attached hydrogen (secondary N) is 1. The highest BCUT2D eigenvalue weighted by atomic mass is 35.5. The maximum Gasteiger partial charge on any atom is 0.0361 e. The molecule has 1 aromatic carbocycles. The SMILES string of the molecule is CCCCCCCCNCc1ccc(N(C)C)cc1.Cl. The van der Waals surface area contributed by atoms with E-state index in [4.69, 9.17) is 0 Å². The van der Waals surface area contributed by atoms with Crippen LogP contribution in [0.15, 0.2) is 24.3 Å². The minimum Gasteiger partial charge on any atom is -0.378 e. The van der Waals surface area contributed by atoms with E-state index in [2.05, 4.69) is 55.5 Å². The normalized spacial score (nSPS) is 10.2. The number of hydrogen-bond donors (Lipinski definition) is 1. The van der Waals surface area contributed by atoms with Crippen LogP contribution in [0.2, 0.25) is 0 Å². The van der Waals surface area contributed by atoms with Gasteiger partial charge in [0.2, 0.25) is 0 Å². The fourth-order valence-electron chi connectivity index (χ4n) is 2.17. The third kappa shape index (κ3) is 8.44. The number of anilines is 1. The Morgan fingerprint density at radius 2 is 1.50 bits per heavy atom. The minimum atomic E-state index is 0. The molecule has 0 amide bonds. The number of halogens is 1. The highest BCUT2D eigenvalue weighted by Gasteiger charge is 1.96. The highest BCUT2D eigenvalue weighted by Crippen LogP contribution is 2.12. The van der Waals surface area contributed by atoms with Gasteiger partial charge in [0.05, 0.1) is 0 Å². The maximum atomic E-state index is 3.53. The summed E-state index contributed by atoms with van der Waals surface area (Å²) in [6, 6.07) is 8.79. The zero-order valence-electron chi connectivity index (χ0n) is 13.3. The molecule has 0 saturated heterocycles. The van der Waals surface area contributed by atoms with Crippen molar-refractivity contribution in [2.75, 3.05) is 25.5 Å². The summed E-state index contributed by atoms with van der Waals surface area (Å²) in [6.07, 6.45) is 8.20. The Kier molecular flexibility index (Phi) is 11.6. The van der Waals surface area contributed by atoms with E-state index in [1.165, 1.54) is 49.8 Å². The van der Waals surface area contributed by atoms with Crippen molar-refractivity contribution in [3.63, 3.8) is 0 Å². The van der Waals surface area contributed by atoms with Crippen LogP contribution in [-0.4, -0.2) is 20.6 Å². The molecule has 0 radical (unpaired) electrons. The standard InChI is InChI=1S/C17H30N2.ClH/c1-4-5-6-7-8-9-14-18-15-16-10-12-17(13-11-16)19(2)3;/h10-13,18H,4-9,14-15H2,1-3H3;1H. The van der Waals surface area contributed by atoms with Crippen molar-refractivity contribution in [2.24, 2.45) is 0 Å². The van der Waals surface area contributed by atoms with Gasteiger partial charge in [0.25, 0.3) is 0 Å². The average molecular weight is 299 g/mol. The van der Waals surface area contributed by atoms with E-state index in [9.17, 15) is 0 Å². The Morgan fingerprint density at radius 3 is 2.10 bits per heavy atom. The van der Waals surface area contributed by atoms with Crippen molar-refractivity contribution in [3.8, 4) is 0 Å². The summed E-state index contributed by atoms with van der Waals surface area (Å²) in [5.74, 6) is 0. The highest BCUT2D eigenvalue weighted by molar-refractivity contribution is 5.85. The second-order valence-electron chi connectivity index (χ2n) is 5.51. The van der Waals surface area contributed by atoms with Crippen LogP contribution in [0.3, 0.4) is 0 Å². The predicted octanol–water partition coefficient (Wildman–Crippen LogP) is 4.62. The van der Waals surface area contributed by atoms with Crippen LogP contribution in [-0.2, 0) is 6.54 Å². The smallest absolute Gasteiger partial charge is 0.0361 e. The molecule has 0 unspecified atom stereocenters. The molecule has 0 atom stereocenters. The van der Waals surface area contributed by atoms with Crippen molar-refractivity contribution in [3.05, 3.63) is 29.8 Å². The number of benzene rings is 1. The Morgan fingerprint density at radius 1 is 0.900 bits per heavy atom. The largest absolute Gasteiger partial charge is 0.378 e. The van der Waals surface area contributed by atoms with E-state index in [0.29, 0.717) is 0 Å². The summed E-state index contributed by atoms with van der Waals surface area (Å²) >= 11 is 0. The van der Waals surface area contributed by atoms with Gasteiger partial charge in [0.15, 0.2) is 0 Å². The van der Waals surface area contributed by atoms with Gasteiger partial charge in [-0.15, -0.1) is 12.4 Å². The molecule has 0 spiro atoms. The summed E-state index contributed by atoms with van der Waals surface area (Å²) in [7, 11) is 4.15. The molecular formula is C17H31ClN2. The molecule has 3 heteroatoms. The first kappa shape index (κ1) is 19.3. The quantitative estimate of drug-likeness (QED) is 0.634. The number of nitrogens with zero attached hydrogens (tertiary/aromatic N) is 1. The molecule has 116 valence electrons. The first-order valence-electron chi connectivity index (χ1n) is 7.71. The Bertz CT molecular complexity index is 322. The average Bonchev–Trinajstić information content (AvgIpc) is 2.42. The van der Waals surface area contributed by atoms with Gasteiger partial charge in [0, 0.05) is 26.3 Å². The van der Waals surface area contributed by atoms with Crippen LogP contribution >= 0.6 is 12.4 Å². The molecule has 0 aliphatic heterocycles. The molecule has 0 bridgehead atoms. The first-order chi connectivity index (χ1) is 9.24. The van der Waals surface area contributed by atoms with Crippen LogP contribution in [0.4, 0.5) is 5.69 Å². The molecule has 0 heterocycles. The first-order valence-corrected chi connectivity index (χ1v) is 7.71. The lowest BCUT2D eigenvalue weighted by Crippen LogP contribution is -2.15. The second kappa shape index (κ2) is 12.0. The van der Waals surface area contributed by atoms with Gasteiger partial charge in [-0.1, -0.05) is 51.2 Å². The fraction of sp³-hybridized carbons (Fsp3) is 0.647. The summed E-state index contributed by atoms with van der Waals surface area (Å²) in [6.45, 7) is 4.40. The van der Waals surface area contributed by atoms with Crippen LogP contribution in [0.25, 0.3) is 0 Å².